The molecule has 6 nitrogen and oxygen atoms in total. The van der Waals surface area contributed by atoms with Crippen LogP contribution in [-0.2, 0) is 20.8 Å². The molecule has 5 rings (SSSR count). The summed E-state index contributed by atoms with van der Waals surface area (Å²) in [7, 11) is 0. The summed E-state index contributed by atoms with van der Waals surface area (Å²) in [6, 6.07) is 10.4. The van der Waals surface area contributed by atoms with Crippen LogP contribution in [0.15, 0.2) is 56.7 Å². The van der Waals surface area contributed by atoms with Crippen molar-refractivity contribution in [2.24, 2.45) is 0 Å². The molecular formula is C22H15BrN2O4S4. The van der Waals surface area contributed by atoms with E-state index in [2.05, 4.69) is 33.9 Å². The van der Waals surface area contributed by atoms with E-state index >= 15 is 0 Å². The first-order valence-corrected chi connectivity index (χ1v) is 13.8. The third-order valence-corrected chi connectivity index (χ3v) is 10.2. The highest BCUT2D eigenvalue weighted by Gasteiger charge is 2.54. The van der Waals surface area contributed by atoms with Gasteiger partial charge in [-0.15, -0.1) is 34.4 Å². The fourth-order valence-corrected chi connectivity index (χ4v) is 8.50. The second-order valence-electron chi connectivity index (χ2n) is 7.44. The molecule has 2 atom stereocenters. The predicted octanol–water partition coefficient (Wildman–Crippen LogP) is 3.90. The Kier molecular flexibility index (Phi) is 6.25. The molecule has 11 heteroatoms. The number of thiol groups is 1. The highest BCUT2D eigenvalue weighted by Crippen LogP contribution is 2.46. The van der Waals surface area contributed by atoms with Gasteiger partial charge in [-0.25, -0.2) is 0 Å². The number of amides is 2. The summed E-state index contributed by atoms with van der Waals surface area (Å²) in [6.45, 7) is 0. The van der Waals surface area contributed by atoms with Crippen molar-refractivity contribution in [1.82, 2.24) is 10.2 Å². The van der Waals surface area contributed by atoms with Gasteiger partial charge >= 0.3 is 0 Å². The van der Waals surface area contributed by atoms with Gasteiger partial charge in [0.25, 0.3) is 5.91 Å². The van der Waals surface area contributed by atoms with Crippen LogP contribution in [0.2, 0.25) is 0 Å². The summed E-state index contributed by atoms with van der Waals surface area (Å²) < 4.78 is 1.86. The average Bonchev–Trinajstić information content (AvgIpc) is 3.28. The molecule has 1 N–H and O–H groups in total. The molecule has 168 valence electrons. The molecule has 2 aliphatic rings. The molecule has 3 aromatic rings. The van der Waals surface area contributed by atoms with E-state index in [1.54, 1.807) is 0 Å². The Morgan fingerprint density at radius 2 is 1.94 bits per heavy atom. The van der Waals surface area contributed by atoms with Crippen molar-refractivity contribution in [1.29, 1.82) is 0 Å². The van der Waals surface area contributed by atoms with Crippen LogP contribution < -0.4 is 10.7 Å². The van der Waals surface area contributed by atoms with Crippen molar-refractivity contribution >= 4 is 94.9 Å². The van der Waals surface area contributed by atoms with Crippen LogP contribution in [-0.4, -0.2) is 39.0 Å². The topological polar surface area (TPSA) is 83.6 Å². The number of nitrogens with zero attached hydrogens (tertiary/aromatic N) is 1. The number of rotatable bonds is 5. The smallest absolute Gasteiger partial charge is 0.253 e. The Labute approximate surface area is 214 Å². The molecule has 1 aromatic carbocycles. The molecule has 0 bridgehead atoms. The lowest BCUT2D eigenvalue weighted by Crippen LogP contribution is -2.70. The van der Waals surface area contributed by atoms with E-state index in [4.69, 9.17) is 0 Å². The molecule has 1 fully saturated rings. The number of β-lactam (4-membered cyclic amide) rings is 1. The highest BCUT2D eigenvalue weighted by molar-refractivity contribution is 9.10. The lowest BCUT2D eigenvalue weighted by molar-refractivity contribution is -0.146. The number of hydrogen-bond donors (Lipinski definition) is 2. The fourth-order valence-electron chi connectivity index (χ4n) is 3.89. The van der Waals surface area contributed by atoms with E-state index in [1.807, 2.05) is 41.8 Å². The van der Waals surface area contributed by atoms with Crippen LogP contribution >= 0.6 is 63.0 Å². The Morgan fingerprint density at radius 1 is 1.18 bits per heavy atom. The summed E-state index contributed by atoms with van der Waals surface area (Å²) in [4.78, 5) is 52.8. The summed E-state index contributed by atoms with van der Waals surface area (Å²) in [5.41, 5.74) is 1.49. The van der Waals surface area contributed by atoms with E-state index in [-0.39, 0.29) is 29.4 Å². The first kappa shape index (κ1) is 22.9. The van der Waals surface area contributed by atoms with Gasteiger partial charge in [0.2, 0.25) is 16.5 Å². The number of benzene rings is 1. The number of hydrogen-bond acceptors (Lipinski definition) is 7. The van der Waals surface area contributed by atoms with E-state index in [1.165, 1.54) is 39.3 Å². The van der Waals surface area contributed by atoms with Crippen LogP contribution in [0.4, 0.5) is 0 Å². The van der Waals surface area contributed by atoms with Crippen molar-refractivity contribution in [3.63, 3.8) is 0 Å². The molecular weight excluding hydrogens is 564 g/mol. The van der Waals surface area contributed by atoms with Gasteiger partial charge < -0.3 is 5.32 Å². The normalized spacial score (nSPS) is 19.9. The molecule has 2 amide bonds. The van der Waals surface area contributed by atoms with Gasteiger partial charge in [0.1, 0.15) is 17.1 Å². The summed E-state index contributed by atoms with van der Waals surface area (Å²) >= 11 is 11.7. The molecule has 2 aliphatic heterocycles. The second-order valence-corrected chi connectivity index (χ2v) is 11.7. The van der Waals surface area contributed by atoms with Crippen LogP contribution in [0.5, 0.6) is 0 Å². The minimum absolute atomic E-state index is 0.139. The van der Waals surface area contributed by atoms with Gasteiger partial charge in [-0.3, -0.25) is 24.1 Å². The number of fused-ring (bicyclic) bond motifs is 2. The zero-order valence-corrected chi connectivity index (χ0v) is 21.7. The SMILES string of the molecule is O=C(Cc1ccccc1)NC1C(=O)N2C(C(=O)S)=C(c3sc4ccsc4c(=O)c3Br)CS[C@H]12. The van der Waals surface area contributed by atoms with Gasteiger partial charge in [0.15, 0.2) is 0 Å². The highest BCUT2D eigenvalue weighted by atomic mass is 79.9. The monoisotopic (exact) mass is 578 g/mol. The molecule has 1 saturated heterocycles. The van der Waals surface area contributed by atoms with E-state index in [9.17, 15) is 19.2 Å². The molecule has 4 heterocycles. The molecule has 0 radical (unpaired) electrons. The van der Waals surface area contributed by atoms with Crippen molar-refractivity contribution < 1.29 is 14.4 Å². The average molecular weight is 580 g/mol. The van der Waals surface area contributed by atoms with E-state index in [0.29, 0.717) is 25.4 Å². The lowest BCUT2D eigenvalue weighted by atomic mass is 10.0. The second kappa shape index (κ2) is 9.03. The van der Waals surface area contributed by atoms with Crippen molar-refractivity contribution in [2.75, 3.05) is 5.75 Å². The van der Waals surface area contributed by atoms with Crippen LogP contribution in [0.1, 0.15) is 10.4 Å². The van der Waals surface area contributed by atoms with E-state index < -0.39 is 16.5 Å². The Bertz CT molecular complexity index is 1400. The molecule has 0 saturated carbocycles. The quantitative estimate of drug-likeness (QED) is 0.354. The number of carbonyl (C=O) groups is 3. The lowest BCUT2D eigenvalue weighted by Gasteiger charge is -2.49. The summed E-state index contributed by atoms with van der Waals surface area (Å²) in [5, 5.41) is 3.71. The number of nitrogens with one attached hydrogen (secondary N) is 1. The van der Waals surface area contributed by atoms with Crippen LogP contribution in [0.25, 0.3) is 15.0 Å². The first-order valence-electron chi connectivity index (χ1n) is 9.81. The maximum absolute atomic E-state index is 13.0. The van der Waals surface area contributed by atoms with E-state index in [0.717, 1.165) is 10.3 Å². The standard InChI is InChI=1S/C22H15BrN2O4S4/c23-14-17(27)19-12(6-7-31-19)33-18(14)11-9-32-21-15(20(28)25(21)16(11)22(29)30)24-13(26)8-10-4-2-1-3-5-10/h1-7,15,21H,8-9H2,(H,24,26)(H,29,30)/t15?,21-/m1/s1. The van der Waals surface area contributed by atoms with Crippen molar-refractivity contribution in [3.8, 4) is 0 Å². The maximum Gasteiger partial charge on any atom is 0.253 e. The third-order valence-electron chi connectivity index (χ3n) is 5.42. The van der Waals surface area contributed by atoms with Gasteiger partial charge in [-0.05, 0) is 32.9 Å². The minimum atomic E-state index is -0.711. The summed E-state index contributed by atoms with van der Waals surface area (Å²) in [5.74, 6) is -0.202. The van der Waals surface area contributed by atoms with Crippen molar-refractivity contribution in [3.05, 3.63) is 72.6 Å². The Hall–Kier alpha value is -1.92. The zero-order valence-electron chi connectivity index (χ0n) is 16.7. The van der Waals surface area contributed by atoms with Crippen LogP contribution in [0, 0.1) is 0 Å². The summed E-state index contributed by atoms with van der Waals surface area (Å²) in [6.07, 6.45) is 0.170. The predicted molar refractivity (Wildman–Crippen MR) is 140 cm³/mol. The number of halogens is 1. The maximum atomic E-state index is 13.0. The molecule has 2 aromatic heterocycles. The van der Waals surface area contributed by atoms with Gasteiger partial charge in [-0.2, -0.15) is 0 Å². The molecule has 1 unspecified atom stereocenters. The number of thioether (sulfide) groups is 1. The van der Waals surface area contributed by atoms with Crippen LogP contribution in [0.3, 0.4) is 0 Å². The fraction of sp³-hybridized carbons (Fsp3) is 0.182. The third kappa shape index (κ3) is 3.99. The Balaban J connectivity index is 1.44. The minimum Gasteiger partial charge on any atom is -0.341 e. The first-order chi connectivity index (χ1) is 15.9. The number of carbonyl (C=O) groups excluding carboxylic acids is 3. The number of thiophene rings is 1. The molecule has 33 heavy (non-hydrogen) atoms. The molecule has 0 spiro atoms. The van der Waals surface area contributed by atoms with Gasteiger partial charge in [0.05, 0.1) is 20.5 Å². The van der Waals surface area contributed by atoms with Crippen molar-refractivity contribution in [2.45, 2.75) is 17.8 Å². The van der Waals surface area contributed by atoms with Gasteiger partial charge in [-0.1, -0.05) is 43.0 Å². The molecule has 0 aliphatic carbocycles. The zero-order chi connectivity index (χ0) is 23.3. The van der Waals surface area contributed by atoms with Gasteiger partial charge in [0, 0.05) is 16.0 Å². The largest absolute Gasteiger partial charge is 0.341 e. The Morgan fingerprint density at radius 3 is 2.67 bits per heavy atom.